The Hall–Kier alpha value is -1.07. The van der Waals surface area contributed by atoms with E-state index in [9.17, 15) is 9.59 Å². The molecule has 2 rings (SSSR count). The van der Waals surface area contributed by atoms with E-state index in [0.717, 1.165) is 28.2 Å². The number of hydrogen-bond donors (Lipinski definition) is 0. The molecule has 1 aromatic carbocycles. The van der Waals surface area contributed by atoms with E-state index in [1.165, 1.54) is 4.90 Å². The monoisotopic (exact) mass is 339 g/mol. The van der Waals surface area contributed by atoms with Crippen LogP contribution in [0.2, 0.25) is 0 Å². The van der Waals surface area contributed by atoms with Crippen molar-refractivity contribution in [3.8, 4) is 0 Å². The van der Waals surface area contributed by atoms with Crippen LogP contribution in [0.1, 0.15) is 25.8 Å². The number of hydrogen-bond acceptors (Lipinski definition) is 3. The Balaban J connectivity index is 2.28. The maximum atomic E-state index is 12.2. The lowest BCUT2D eigenvalue weighted by Crippen LogP contribution is -2.36. The lowest BCUT2D eigenvalue weighted by molar-refractivity contribution is -0.124. The van der Waals surface area contributed by atoms with Crippen LogP contribution in [0, 0.1) is 0 Å². The molecular weight excluding hydrogens is 326 g/mol. The van der Waals surface area contributed by atoms with Crippen LogP contribution in [-0.2, 0) is 4.79 Å². The minimum absolute atomic E-state index is 0.0547. The molecule has 1 aliphatic rings. The summed E-state index contributed by atoms with van der Waals surface area (Å²) >= 11 is 4.40. The zero-order chi connectivity index (χ0) is 14.0. The van der Waals surface area contributed by atoms with E-state index in [1.54, 1.807) is 6.08 Å². The highest BCUT2D eigenvalue weighted by molar-refractivity contribution is 9.10. The number of benzene rings is 1. The van der Waals surface area contributed by atoms with E-state index >= 15 is 0 Å². The molecule has 0 spiro atoms. The molecule has 2 amide bonds. The molecule has 0 aliphatic carbocycles. The Morgan fingerprint density at radius 2 is 2.16 bits per heavy atom. The van der Waals surface area contributed by atoms with E-state index in [4.69, 9.17) is 0 Å². The summed E-state index contributed by atoms with van der Waals surface area (Å²) in [5.41, 5.74) is 0.907. The minimum atomic E-state index is -0.190. The number of halogens is 1. The molecule has 1 fully saturated rings. The molecule has 0 bridgehead atoms. The van der Waals surface area contributed by atoms with Crippen LogP contribution in [0.5, 0.6) is 0 Å². The third-order valence-corrected chi connectivity index (χ3v) is 4.38. The maximum Gasteiger partial charge on any atom is 0.293 e. The number of thioether (sulfide) groups is 1. The van der Waals surface area contributed by atoms with Gasteiger partial charge in [0, 0.05) is 10.5 Å². The second-order valence-corrected chi connectivity index (χ2v) is 6.27. The van der Waals surface area contributed by atoms with Crippen LogP contribution in [0.15, 0.2) is 33.6 Å². The van der Waals surface area contributed by atoms with Crippen molar-refractivity contribution in [3.63, 3.8) is 0 Å². The van der Waals surface area contributed by atoms with Gasteiger partial charge in [0.15, 0.2) is 0 Å². The summed E-state index contributed by atoms with van der Waals surface area (Å²) in [6, 6.07) is 7.58. The first-order chi connectivity index (χ1) is 9.02. The molecular formula is C14H14BrNO2S. The Kier molecular flexibility index (Phi) is 4.47. The summed E-state index contributed by atoms with van der Waals surface area (Å²) in [4.78, 5) is 25.9. The first-order valence-electron chi connectivity index (χ1n) is 6.05. The van der Waals surface area contributed by atoms with Crippen LogP contribution in [0.25, 0.3) is 6.08 Å². The van der Waals surface area contributed by atoms with Crippen molar-refractivity contribution in [2.45, 2.75) is 26.3 Å². The van der Waals surface area contributed by atoms with Gasteiger partial charge in [-0.1, -0.05) is 35.0 Å². The molecule has 1 aliphatic heterocycles. The molecule has 1 atom stereocenters. The highest BCUT2D eigenvalue weighted by atomic mass is 79.9. The largest absolute Gasteiger partial charge is 0.293 e. The summed E-state index contributed by atoms with van der Waals surface area (Å²) in [7, 11) is 0. The zero-order valence-corrected chi connectivity index (χ0v) is 13.1. The van der Waals surface area contributed by atoms with Gasteiger partial charge in [0.1, 0.15) is 0 Å². The minimum Gasteiger partial charge on any atom is -0.268 e. The van der Waals surface area contributed by atoms with Crippen LogP contribution >= 0.6 is 27.7 Å². The zero-order valence-electron chi connectivity index (χ0n) is 10.7. The number of imide groups is 1. The van der Waals surface area contributed by atoms with Crippen LogP contribution < -0.4 is 0 Å². The lowest BCUT2D eigenvalue weighted by Gasteiger charge is -2.19. The highest BCUT2D eigenvalue weighted by Crippen LogP contribution is 2.34. The third kappa shape index (κ3) is 3.09. The Labute approximate surface area is 125 Å². The van der Waals surface area contributed by atoms with Crippen molar-refractivity contribution in [1.29, 1.82) is 0 Å². The quantitative estimate of drug-likeness (QED) is 0.771. The molecule has 5 heteroatoms. The normalized spacial score (nSPS) is 19.3. The summed E-state index contributed by atoms with van der Waals surface area (Å²) < 4.78 is 0.947. The Morgan fingerprint density at radius 1 is 1.42 bits per heavy atom. The second kappa shape index (κ2) is 5.92. The third-order valence-electron chi connectivity index (χ3n) is 3.00. The average Bonchev–Trinajstić information content (AvgIpc) is 2.64. The SMILES string of the molecule is CCC(C)N1C(=O)SC(=Cc2cccc(Br)c2)C1=O. The summed E-state index contributed by atoms with van der Waals surface area (Å²) in [6.45, 7) is 3.85. The molecule has 1 aromatic rings. The lowest BCUT2D eigenvalue weighted by atomic mass is 10.2. The van der Waals surface area contributed by atoms with Gasteiger partial charge >= 0.3 is 0 Å². The van der Waals surface area contributed by atoms with Gasteiger partial charge in [-0.05, 0) is 48.9 Å². The highest BCUT2D eigenvalue weighted by Gasteiger charge is 2.37. The summed E-state index contributed by atoms with van der Waals surface area (Å²) in [5, 5.41) is -0.180. The van der Waals surface area contributed by atoms with Crippen molar-refractivity contribution in [3.05, 3.63) is 39.2 Å². The predicted octanol–water partition coefficient (Wildman–Crippen LogP) is 4.28. The molecule has 0 N–H and O–H groups in total. The van der Waals surface area contributed by atoms with Crippen LogP contribution in [0.3, 0.4) is 0 Å². The van der Waals surface area contributed by atoms with Crippen molar-refractivity contribution < 1.29 is 9.59 Å². The van der Waals surface area contributed by atoms with Gasteiger partial charge in [-0.3, -0.25) is 14.5 Å². The fraction of sp³-hybridized carbons (Fsp3) is 0.286. The molecule has 0 radical (unpaired) electrons. The smallest absolute Gasteiger partial charge is 0.268 e. The number of rotatable bonds is 3. The Bertz CT molecular complexity index is 556. The van der Waals surface area contributed by atoms with Crippen LogP contribution in [0.4, 0.5) is 4.79 Å². The fourth-order valence-electron chi connectivity index (χ4n) is 1.79. The standard InChI is InChI=1S/C14H14BrNO2S/c1-3-9(2)16-13(17)12(19-14(16)18)8-10-5-4-6-11(15)7-10/h4-9H,3H2,1-2H3. The predicted molar refractivity (Wildman–Crippen MR) is 81.7 cm³/mol. The summed E-state index contributed by atoms with van der Waals surface area (Å²) in [5.74, 6) is -0.190. The maximum absolute atomic E-state index is 12.2. The number of amides is 2. The number of nitrogens with zero attached hydrogens (tertiary/aromatic N) is 1. The number of carbonyl (C=O) groups excluding carboxylic acids is 2. The van der Waals surface area contributed by atoms with Crippen molar-refractivity contribution in [2.75, 3.05) is 0 Å². The van der Waals surface area contributed by atoms with Gasteiger partial charge in [-0.25, -0.2) is 0 Å². The molecule has 100 valence electrons. The molecule has 0 saturated carbocycles. The molecule has 19 heavy (non-hydrogen) atoms. The Morgan fingerprint density at radius 3 is 2.79 bits per heavy atom. The average molecular weight is 340 g/mol. The van der Waals surface area contributed by atoms with Gasteiger partial charge in [0.05, 0.1) is 4.91 Å². The van der Waals surface area contributed by atoms with Gasteiger partial charge in [-0.15, -0.1) is 0 Å². The second-order valence-electron chi connectivity index (χ2n) is 4.36. The molecule has 1 heterocycles. The van der Waals surface area contributed by atoms with Crippen LogP contribution in [-0.4, -0.2) is 22.1 Å². The van der Waals surface area contributed by atoms with Gasteiger partial charge in [0.25, 0.3) is 11.1 Å². The van der Waals surface area contributed by atoms with E-state index in [-0.39, 0.29) is 17.2 Å². The first kappa shape index (κ1) is 14.3. The van der Waals surface area contributed by atoms with Gasteiger partial charge in [-0.2, -0.15) is 0 Å². The van der Waals surface area contributed by atoms with Gasteiger partial charge < -0.3 is 0 Å². The molecule has 3 nitrogen and oxygen atoms in total. The first-order valence-corrected chi connectivity index (χ1v) is 7.66. The molecule has 1 unspecified atom stereocenters. The fourth-order valence-corrected chi connectivity index (χ4v) is 3.14. The topological polar surface area (TPSA) is 37.4 Å². The summed E-state index contributed by atoms with van der Waals surface area (Å²) in [6.07, 6.45) is 2.53. The van der Waals surface area contributed by atoms with E-state index < -0.39 is 0 Å². The molecule has 1 saturated heterocycles. The van der Waals surface area contributed by atoms with Crippen molar-refractivity contribution >= 4 is 44.9 Å². The van der Waals surface area contributed by atoms with E-state index in [2.05, 4.69) is 15.9 Å². The van der Waals surface area contributed by atoms with Crippen molar-refractivity contribution in [2.24, 2.45) is 0 Å². The molecule has 0 aromatic heterocycles. The number of carbonyl (C=O) groups is 2. The van der Waals surface area contributed by atoms with E-state index in [1.807, 2.05) is 38.1 Å². The van der Waals surface area contributed by atoms with Gasteiger partial charge in [0.2, 0.25) is 0 Å². The van der Waals surface area contributed by atoms with Crippen molar-refractivity contribution in [1.82, 2.24) is 4.90 Å². The van der Waals surface area contributed by atoms with E-state index in [0.29, 0.717) is 4.91 Å².